The van der Waals surface area contributed by atoms with E-state index in [1.807, 2.05) is 12.1 Å². The van der Waals surface area contributed by atoms with E-state index >= 15 is 0 Å². The highest BCUT2D eigenvalue weighted by Crippen LogP contribution is 2.39. The molecule has 1 aromatic rings. The molecular formula is C12H15FO. The molecule has 0 radical (unpaired) electrons. The molecule has 1 N–H and O–H groups in total. The largest absolute Gasteiger partial charge is 0.390 e. The van der Waals surface area contributed by atoms with Crippen molar-refractivity contribution in [2.24, 2.45) is 0 Å². The maximum Gasteiger partial charge on any atom is 0.123 e. The average Bonchev–Trinajstić information content (AvgIpc) is 2.88. The van der Waals surface area contributed by atoms with Crippen LogP contribution in [-0.2, 0) is 6.42 Å². The van der Waals surface area contributed by atoms with Crippen LogP contribution in [0.1, 0.15) is 31.2 Å². The van der Waals surface area contributed by atoms with E-state index < -0.39 is 0 Å². The van der Waals surface area contributed by atoms with Crippen molar-refractivity contribution in [1.82, 2.24) is 0 Å². The van der Waals surface area contributed by atoms with Gasteiger partial charge in [-0.15, -0.1) is 0 Å². The highest BCUT2D eigenvalue weighted by atomic mass is 19.1. The van der Waals surface area contributed by atoms with Gasteiger partial charge in [0.25, 0.3) is 0 Å². The van der Waals surface area contributed by atoms with E-state index in [0.717, 1.165) is 37.7 Å². The monoisotopic (exact) mass is 194 g/mol. The molecule has 0 aromatic heterocycles. The fourth-order valence-electron chi connectivity index (χ4n) is 1.67. The molecule has 1 saturated carbocycles. The zero-order valence-electron chi connectivity index (χ0n) is 8.17. The van der Waals surface area contributed by atoms with Gasteiger partial charge in [-0.3, -0.25) is 0 Å². The predicted molar refractivity (Wildman–Crippen MR) is 53.5 cm³/mol. The second kappa shape index (κ2) is 3.70. The SMILES string of the molecule is OC1(CCCc2ccc(F)cc2)CC1. The van der Waals surface area contributed by atoms with E-state index in [1.165, 1.54) is 12.1 Å². The van der Waals surface area contributed by atoms with Gasteiger partial charge in [0, 0.05) is 0 Å². The third-order valence-electron chi connectivity index (χ3n) is 2.85. The Hall–Kier alpha value is -0.890. The van der Waals surface area contributed by atoms with Crippen LogP contribution >= 0.6 is 0 Å². The van der Waals surface area contributed by atoms with Gasteiger partial charge in [-0.2, -0.15) is 0 Å². The summed E-state index contributed by atoms with van der Waals surface area (Å²) in [7, 11) is 0. The number of aryl methyl sites for hydroxylation is 1. The molecule has 1 fully saturated rings. The van der Waals surface area contributed by atoms with Gasteiger partial charge in [0.1, 0.15) is 5.82 Å². The van der Waals surface area contributed by atoms with Crippen molar-refractivity contribution in [3.05, 3.63) is 35.6 Å². The summed E-state index contributed by atoms with van der Waals surface area (Å²) in [6.07, 6.45) is 4.71. The van der Waals surface area contributed by atoms with Gasteiger partial charge >= 0.3 is 0 Å². The zero-order chi connectivity index (χ0) is 10.0. The molecule has 1 nitrogen and oxygen atoms in total. The molecule has 76 valence electrons. The molecule has 0 saturated heterocycles. The Morgan fingerprint density at radius 1 is 1.21 bits per heavy atom. The molecule has 1 aliphatic rings. The van der Waals surface area contributed by atoms with E-state index in [-0.39, 0.29) is 11.4 Å². The summed E-state index contributed by atoms with van der Waals surface area (Å²) in [5, 5.41) is 9.59. The summed E-state index contributed by atoms with van der Waals surface area (Å²) in [4.78, 5) is 0. The van der Waals surface area contributed by atoms with E-state index in [9.17, 15) is 9.50 Å². The molecule has 1 aliphatic carbocycles. The minimum Gasteiger partial charge on any atom is -0.390 e. The van der Waals surface area contributed by atoms with Gasteiger partial charge in [-0.05, 0) is 49.8 Å². The van der Waals surface area contributed by atoms with Crippen LogP contribution in [0.2, 0.25) is 0 Å². The topological polar surface area (TPSA) is 20.2 Å². The van der Waals surface area contributed by atoms with E-state index in [2.05, 4.69) is 0 Å². The van der Waals surface area contributed by atoms with Crippen molar-refractivity contribution in [2.45, 2.75) is 37.7 Å². The molecule has 2 heteroatoms. The lowest BCUT2D eigenvalue weighted by Gasteiger charge is -2.06. The van der Waals surface area contributed by atoms with E-state index in [0.29, 0.717) is 0 Å². The van der Waals surface area contributed by atoms with Crippen molar-refractivity contribution in [2.75, 3.05) is 0 Å². The average molecular weight is 194 g/mol. The Labute approximate surface area is 83.6 Å². The first-order valence-electron chi connectivity index (χ1n) is 5.15. The van der Waals surface area contributed by atoms with Crippen LogP contribution in [0.3, 0.4) is 0 Å². The lowest BCUT2D eigenvalue weighted by atomic mass is 10.1. The van der Waals surface area contributed by atoms with Crippen LogP contribution in [0.4, 0.5) is 4.39 Å². The number of aliphatic hydroxyl groups is 1. The van der Waals surface area contributed by atoms with Gasteiger partial charge in [0.05, 0.1) is 5.60 Å². The molecular weight excluding hydrogens is 179 g/mol. The molecule has 1 aromatic carbocycles. The fourth-order valence-corrected chi connectivity index (χ4v) is 1.67. The number of hydrogen-bond donors (Lipinski definition) is 1. The third-order valence-corrected chi connectivity index (χ3v) is 2.85. The molecule has 0 heterocycles. The fraction of sp³-hybridized carbons (Fsp3) is 0.500. The van der Waals surface area contributed by atoms with Crippen molar-refractivity contribution < 1.29 is 9.50 Å². The number of benzene rings is 1. The van der Waals surface area contributed by atoms with E-state index in [4.69, 9.17) is 0 Å². The maximum absolute atomic E-state index is 12.6. The molecule has 0 amide bonds. The standard InChI is InChI=1S/C12H15FO/c13-11-5-3-10(4-6-11)2-1-7-12(14)8-9-12/h3-6,14H,1-2,7-9H2. The Balaban J connectivity index is 1.77. The van der Waals surface area contributed by atoms with Crippen molar-refractivity contribution >= 4 is 0 Å². The number of hydrogen-bond acceptors (Lipinski definition) is 1. The molecule has 14 heavy (non-hydrogen) atoms. The van der Waals surface area contributed by atoms with Crippen molar-refractivity contribution in [3.8, 4) is 0 Å². The lowest BCUT2D eigenvalue weighted by molar-refractivity contribution is 0.137. The van der Waals surface area contributed by atoms with Crippen LogP contribution in [0.5, 0.6) is 0 Å². The van der Waals surface area contributed by atoms with Gasteiger partial charge in [0.2, 0.25) is 0 Å². The zero-order valence-corrected chi connectivity index (χ0v) is 8.17. The second-order valence-corrected chi connectivity index (χ2v) is 4.20. The van der Waals surface area contributed by atoms with Gasteiger partial charge in [-0.25, -0.2) is 4.39 Å². The molecule has 0 aliphatic heterocycles. The van der Waals surface area contributed by atoms with Crippen LogP contribution in [0.25, 0.3) is 0 Å². The highest BCUT2D eigenvalue weighted by molar-refractivity contribution is 5.16. The smallest absolute Gasteiger partial charge is 0.123 e. The molecule has 0 spiro atoms. The first-order chi connectivity index (χ1) is 6.68. The van der Waals surface area contributed by atoms with Crippen LogP contribution in [-0.4, -0.2) is 10.7 Å². The Morgan fingerprint density at radius 3 is 2.43 bits per heavy atom. The minimum atomic E-state index is -0.347. The maximum atomic E-state index is 12.6. The molecule has 0 unspecified atom stereocenters. The second-order valence-electron chi connectivity index (χ2n) is 4.20. The van der Waals surface area contributed by atoms with Crippen LogP contribution < -0.4 is 0 Å². The first kappa shape index (κ1) is 9.66. The van der Waals surface area contributed by atoms with Crippen LogP contribution in [0, 0.1) is 5.82 Å². The summed E-state index contributed by atoms with van der Waals surface area (Å²) in [6.45, 7) is 0. The summed E-state index contributed by atoms with van der Waals surface area (Å²) in [5.41, 5.74) is 0.802. The number of rotatable bonds is 4. The predicted octanol–water partition coefficient (Wildman–Crippen LogP) is 2.67. The molecule has 0 bridgehead atoms. The van der Waals surface area contributed by atoms with Crippen molar-refractivity contribution in [1.29, 1.82) is 0 Å². The highest BCUT2D eigenvalue weighted by Gasteiger charge is 2.39. The summed E-state index contributed by atoms with van der Waals surface area (Å²) < 4.78 is 12.6. The Bertz CT molecular complexity index is 301. The lowest BCUT2D eigenvalue weighted by Crippen LogP contribution is -2.06. The van der Waals surface area contributed by atoms with Crippen LogP contribution in [0.15, 0.2) is 24.3 Å². The van der Waals surface area contributed by atoms with E-state index in [1.54, 1.807) is 0 Å². The van der Waals surface area contributed by atoms with Crippen molar-refractivity contribution in [3.63, 3.8) is 0 Å². The Kier molecular flexibility index (Phi) is 2.55. The normalized spacial score (nSPS) is 18.1. The van der Waals surface area contributed by atoms with Gasteiger partial charge < -0.3 is 5.11 Å². The van der Waals surface area contributed by atoms with Gasteiger partial charge in [-0.1, -0.05) is 12.1 Å². The quantitative estimate of drug-likeness (QED) is 0.781. The molecule has 2 rings (SSSR count). The minimum absolute atomic E-state index is 0.186. The summed E-state index contributed by atoms with van der Waals surface area (Å²) >= 11 is 0. The first-order valence-corrected chi connectivity index (χ1v) is 5.15. The third kappa shape index (κ3) is 2.55. The molecule has 0 atom stereocenters. The summed E-state index contributed by atoms with van der Waals surface area (Å²) in [6, 6.07) is 6.60. The summed E-state index contributed by atoms with van der Waals surface area (Å²) in [5.74, 6) is -0.186. The number of halogens is 1. The Morgan fingerprint density at radius 2 is 1.86 bits per heavy atom. The van der Waals surface area contributed by atoms with Gasteiger partial charge in [0.15, 0.2) is 0 Å².